The van der Waals surface area contributed by atoms with Crippen LogP contribution in [-0.2, 0) is 14.4 Å². The maximum absolute atomic E-state index is 12.0. The fourth-order valence-electron chi connectivity index (χ4n) is 1.54. The maximum atomic E-state index is 12.0. The van der Waals surface area contributed by atoms with Crippen LogP contribution in [-0.4, -0.2) is 35.2 Å². The second-order valence-electron chi connectivity index (χ2n) is 4.43. The number of esters is 2. The van der Waals surface area contributed by atoms with Crippen LogP contribution in [0.25, 0.3) is 0 Å². The molecule has 0 heterocycles. The molecule has 0 spiro atoms. The van der Waals surface area contributed by atoms with Crippen molar-refractivity contribution in [3.63, 3.8) is 0 Å². The number of hydrogen-bond acceptors (Lipinski definition) is 9. The number of benzene rings is 1. The van der Waals surface area contributed by atoms with Gasteiger partial charge >= 0.3 is 11.9 Å². The van der Waals surface area contributed by atoms with Gasteiger partial charge in [0.1, 0.15) is 22.9 Å². The third-order valence-corrected chi connectivity index (χ3v) is 2.63. The third-order valence-electron chi connectivity index (χ3n) is 2.51. The molecule has 0 amide bonds. The van der Waals surface area contributed by atoms with Crippen molar-refractivity contribution >= 4 is 34.8 Å². The molecule has 1 rings (SSSR count). The van der Waals surface area contributed by atoms with Gasteiger partial charge in [0, 0.05) is 12.1 Å². The average molecular weight is 357 g/mol. The molecule has 0 aliphatic carbocycles. The predicted octanol–water partition coefficient (Wildman–Crippen LogP) is 0.606. The van der Waals surface area contributed by atoms with Gasteiger partial charge in [-0.1, -0.05) is 12.2 Å². The summed E-state index contributed by atoms with van der Waals surface area (Å²) in [6.45, 7) is -0.513. The fourth-order valence-corrected chi connectivity index (χ4v) is 1.60. The summed E-state index contributed by atoms with van der Waals surface area (Å²) in [5.41, 5.74) is 11.0. The SMILES string of the molecule is NC(=S)COC(=O)c1cc(N)ccc1OC(=O)CCCO[N+](=O)[O-]. The third kappa shape index (κ3) is 6.87. The molecule has 0 unspecified atom stereocenters. The molecule has 0 saturated carbocycles. The van der Waals surface area contributed by atoms with Crippen LogP contribution in [0, 0.1) is 10.1 Å². The fraction of sp³-hybridized carbons (Fsp3) is 0.308. The number of nitrogen functional groups attached to an aromatic ring is 1. The molecule has 0 aliphatic rings. The molecule has 0 saturated heterocycles. The van der Waals surface area contributed by atoms with Gasteiger partial charge in [-0.2, -0.15) is 0 Å². The van der Waals surface area contributed by atoms with Crippen LogP contribution in [0.5, 0.6) is 5.75 Å². The van der Waals surface area contributed by atoms with E-state index in [1.807, 2.05) is 0 Å². The first-order chi connectivity index (χ1) is 11.3. The van der Waals surface area contributed by atoms with Gasteiger partial charge in [-0.3, -0.25) is 4.79 Å². The Labute approximate surface area is 141 Å². The largest absolute Gasteiger partial charge is 0.455 e. The Bertz CT molecular complexity index is 650. The first-order valence-corrected chi connectivity index (χ1v) is 7.03. The Hall–Kier alpha value is -2.95. The second kappa shape index (κ2) is 9.25. The molecular weight excluding hydrogens is 342 g/mol. The van der Waals surface area contributed by atoms with E-state index in [2.05, 4.69) is 17.1 Å². The molecule has 10 nitrogen and oxygen atoms in total. The van der Waals surface area contributed by atoms with Crippen LogP contribution in [0.15, 0.2) is 18.2 Å². The summed E-state index contributed by atoms with van der Waals surface area (Å²) in [6, 6.07) is 4.04. The molecule has 1 aromatic rings. The Balaban J connectivity index is 2.69. The van der Waals surface area contributed by atoms with E-state index in [9.17, 15) is 19.7 Å². The first kappa shape index (κ1) is 19.1. The van der Waals surface area contributed by atoms with E-state index in [1.165, 1.54) is 18.2 Å². The summed E-state index contributed by atoms with van der Waals surface area (Å²) >= 11 is 4.60. The molecule has 0 bridgehead atoms. The number of nitrogens with zero attached hydrogens (tertiary/aromatic N) is 1. The van der Waals surface area contributed by atoms with Gasteiger partial charge in [-0.15, -0.1) is 10.1 Å². The van der Waals surface area contributed by atoms with E-state index in [4.69, 9.17) is 20.9 Å². The smallest absolute Gasteiger partial charge is 0.342 e. The summed E-state index contributed by atoms with van der Waals surface area (Å²) in [6.07, 6.45) is -0.0599. The Morgan fingerprint density at radius 2 is 2.04 bits per heavy atom. The van der Waals surface area contributed by atoms with Crippen molar-refractivity contribution in [3.05, 3.63) is 33.9 Å². The van der Waals surface area contributed by atoms with Crippen LogP contribution in [0.4, 0.5) is 5.69 Å². The molecule has 11 heteroatoms. The maximum Gasteiger partial charge on any atom is 0.342 e. The van der Waals surface area contributed by atoms with Crippen LogP contribution in [0.2, 0.25) is 0 Å². The number of nitrogens with two attached hydrogens (primary N) is 2. The standard InChI is InChI=1S/C13H15N3O7S/c14-8-3-4-10(9(6-8)13(18)21-7-11(15)24)23-12(17)2-1-5-22-16(19)20/h3-4,6H,1-2,5,7,14H2,(H2,15,24). The summed E-state index contributed by atoms with van der Waals surface area (Å²) in [7, 11) is 0. The highest BCUT2D eigenvalue weighted by atomic mass is 32.1. The first-order valence-electron chi connectivity index (χ1n) is 6.62. The highest BCUT2D eigenvalue weighted by Gasteiger charge is 2.17. The lowest BCUT2D eigenvalue weighted by molar-refractivity contribution is -0.757. The molecule has 4 N–H and O–H groups in total. The zero-order chi connectivity index (χ0) is 18.1. The monoisotopic (exact) mass is 357 g/mol. The van der Waals surface area contributed by atoms with Crippen molar-refractivity contribution < 1.29 is 29.0 Å². The lowest BCUT2D eigenvalue weighted by Gasteiger charge is -2.10. The topological polar surface area (TPSA) is 157 Å². The van der Waals surface area contributed by atoms with Gasteiger partial charge < -0.3 is 25.8 Å². The zero-order valence-electron chi connectivity index (χ0n) is 12.4. The molecule has 0 aliphatic heterocycles. The number of carbonyl (C=O) groups is 2. The number of rotatable bonds is 9. The van der Waals surface area contributed by atoms with E-state index in [0.29, 0.717) is 0 Å². The molecule has 0 fully saturated rings. The van der Waals surface area contributed by atoms with Crippen molar-refractivity contribution in [2.75, 3.05) is 18.9 Å². The van der Waals surface area contributed by atoms with Gasteiger partial charge in [0.25, 0.3) is 5.09 Å². The van der Waals surface area contributed by atoms with Crippen LogP contribution >= 0.6 is 12.2 Å². The minimum Gasteiger partial charge on any atom is -0.455 e. The molecule has 0 radical (unpaired) electrons. The Morgan fingerprint density at radius 1 is 1.33 bits per heavy atom. The second-order valence-corrected chi connectivity index (χ2v) is 4.96. The lowest BCUT2D eigenvalue weighted by Crippen LogP contribution is -2.20. The van der Waals surface area contributed by atoms with Crippen molar-refractivity contribution in [1.29, 1.82) is 0 Å². The highest BCUT2D eigenvalue weighted by molar-refractivity contribution is 7.80. The number of carbonyl (C=O) groups excluding carboxylic acids is 2. The van der Waals surface area contributed by atoms with Gasteiger partial charge in [0.05, 0.1) is 6.61 Å². The summed E-state index contributed by atoms with van der Waals surface area (Å²) in [5.74, 6) is -1.57. The van der Waals surface area contributed by atoms with E-state index in [0.717, 1.165) is 0 Å². The minimum absolute atomic E-state index is 0.0170. The molecular formula is C13H15N3O7S. The molecule has 0 aromatic heterocycles. The number of thiocarbonyl (C=S) groups is 1. The number of anilines is 1. The van der Waals surface area contributed by atoms with Gasteiger partial charge in [0.15, 0.2) is 0 Å². The minimum atomic E-state index is -0.957. The quantitative estimate of drug-likeness (QED) is 0.122. The van der Waals surface area contributed by atoms with Crippen LogP contribution in [0.1, 0.15) is 23.2 Å². The summed E-state index contributed by atoms with van der Waals surface area (Å²) < 4.78 is 9.90. The summed E-state index contributed by atoms with van der Waals surface area (Å²) in [5, 5.41) is 9.02. The van der Waals surface area contributed by atoms with E-state index < -0.39 is 17.0 Å². The normalized spacial score (nSPS) is 9.83. The lowest BCUT2D eigenvalue weighted by atomic mass is 10.2. The molecule has 1 aromatic carbocycles. The number of ether oxygens (including phenoxy) is 2. The van der Waals surface area contributed by atoms with Crippen molar-refractivity contribution in [3.8, 4) is 5.75 Å². The van der Waals surface area contributed by atoms with E-state index in [1.54, 1.807) is 0 Å². The molecule has 130 valence electrons. The molecule has 0 atom stereocenters. The summed E-state index contributed by atoms with van der Waals surface area (Å²) in [4.78, 5) is 37.7. The Morgan fingerprint density at radius 3 is 2.67 bits per heavy atom. The van der Waals surface area contributed by atoms with Gasteiger partial charge in [0.2, 0.25) is 0 Å². The van der Waals surface area contributed by atoms with Crippen molar-refractivity contribution in [1.82, 2.24) is 0 Å². The van der Waals surface area contributed by atoms with Gasteiger partial charge in [-0.05, 0) is 24.6 Å². The average Bonchev–Trinajstić information content (AvgIpc) is 2.50. The Kier molecular flexibility index (Phi) is 7.36. The van der Waals surface area contributed by atoms with Gasteiger partial charge in [-0.25, -0.2) is 4.79 Å². The van der Waals surface area contributed by atoms with Crippen molar-refractivity contribution in [2.24, 2.45) is 5.73 Å². The highest BCUT2D eigenvalue weighted by Crippen LogP contribution is 2.23. The van der Waals surface area contributed by atoms with Crippen molar-refractivity contribution in [2.45, 2.75) is 12.8 Å². The van der Waals surface area contributed by atoms with Crippen LogP contribution in [0.3, 0.4) is 0 Å². The molecule has 24 heavy (non-hydrogen) atoms. The zero-order valence-corrected chi connectivity index (χ0v) is 13.2. The number of hydrogen-bond donors (Lipinski definition) is 2. The van der Waals surface area contributed by atoms with E-state index in [-0.39, 0.29) is 48.0 Å². The van der Waals surface area contributed by atoms with Crippen LogP contribution < -0.4 is 16.2 Å². The van der Waals surface area contributed by atoms with E-state index >= 15 is 0 Å². The predicted molar refractivity (Wildman–Crippen MR) is 85.7 cm³/mol.